The van der Waals surface area contributed by atoms with Gasteiger partial charge in [-0.25, -0.2) is 5.01 Å². The second kappa shape index (κ2) is 8.49. The maximum atomic E-state index is 13.7. The fourth-order valence-corrected chi connectivity index (χ4v) is 6.49. The molecule has 2 aromatic rings. The van der Waals surface area contributed by atoms with E-state index in [1.807, 2.05) is 12.2 Å². The number of imide groups is 1. The first-order valence-corrected chi connectivity index (χ1v) is 12.5. The molecular weight excluding hydrogens is 521 g/mol. The normalized spacial score (nSPS) is 28.6. The number of ketones is 1. The topological polar surface area (TPSA) is 118 Å². The second-order valence-electron chi connectivity index (χ2n) is 9.86. The molecule has 1 saturated heterocycles. The summed E-state index contributed by atoms with van der Waals surface area (Å²) in [6.45, 7) is -0.622. The highest BCUT2D eigenvalue weighted by Gasteiger charge is 2.68. The third-order valence-corrected chi connectivity index (χ3v) is 8.71. The van der Waals surface area contributed by atoms with Crippen molar-refractivity contribution >= 4 is 52.4 Å². The monoisotopic (exact) mass is 539 g/mol. The van der Waals surface area contributed by atoms with Crippen molar-refractivity contribution in [3.8, 4) is 0 Å². The van der Waals surface area contributed by atoms with E-state index in [9.17, 15) is 29.3 Å². The van der Waals surface area contributed by atoms with Crippen LogP contribution in [-0.2, 0) is 9.59 Å². The van der Waals surface area contributed by atoms with Crippen LogP contribution < -0.4 is 0 Å². The molecule has 0 N–H and O–H groups in total. The Bertz CT molecular complexity index is 1390. The van der Waals surface area contributed by atoms with Crippen LogP contribution >= 0.6 is 23.2 Å². The summed E-state index contributed by atoms with van der Waals surface area (Å²) >= 11 is 12.1. The number of nitrogens with zero attached hydrogens (tertiary/aromatic N) is 3. The third-order valence-electron chi connectivity index (χ3n) is 7.98. The van der Waals surface area contributed by atoms with E-state index in [0.29, 0.717) is 11.8 Å². The highest BCUT2D eigenvalue weighted by molar-refractivity contribution is 6.42. The number of carbonyl (C=O) groups excluding carboxylic acids is 4. The maximum Gasteiger partial charge on any atom is 0.273 e. The number of nitro groups is 1. The Morgan fingerprint density at radius 1 is 0.919 bits per heavy atom. The van der Waals surface area contributed by atoms with Crippen LogP contribution in [0.5, 0.6) is 0 Å². The molecule has 7 rings (SSSR count). The van der Waals surface area contributed by atoms with Crippen LogP contribution in [0.1, 0.15) is 27.1 Å². The van der Waals surface area contributed by atoms with Crippen LogP contribution in [0.15, 0.2) is 54.6 Å². The van der Waals surface area contributed by atoms with Crippen molar-refractivity contribution in [3.63, 3.8) is 0 Å². The van der Waals surface area contributed by atoms with Crippen LogP contribution in [0.2, 0.25) is 10.0 Å². The number of benzene rings is 2. The van der Waals surface area contributed by atoms with Crippen LogP contribution in [0.3, 0.4) is 0 Å². The van der Waals surface area contributed by atoms with E-state index in [4.69, 9.17) is 23.2 Å². The SMILES string of the molecule is O=C(CN(C(=O)c1ccc(Cl)c(Cl)c1)N1C(=O)[C@H]2[C@@H]3C=C[C@@H]([C@H]4C[C@H]34)[C@@H]2C1=O)c1ccc([N+](=O)[O-])cc1. The second-order valence-corrected chi connectivity index (χ2v) is 10.7. The fourth-order valence-electron chi connectivity index (χ4n) is 6.19. The summed E-state index contributed by atoms with van der Waals surface area (Å²) in [5, 5.41) is 13.0. The van der Waals surface area contributed by atoms with Gasteiger partial charge in [0.1, 0.15) is 6.54 Å². The highest BCUT2D eigenvalue weighted by atomic mass is 35.5. The van der Waals surface area contributed by atoms with Gasteiger partial charge in [-0.05, 0) is 60.4 Å². The Hall–Kier alpha value is -3.56. The van der Waals surface area contributed by atoms with E-state index in [1.54, 1.807) is 0 Å². The molecule has 1 aliphatic heterocycles. The molecule has 0 aromatic heterocycles. The standard InChI is InChI=1S/C26H19Cl2N3O6/c27-19-8-3-13(9-20(19)28)24(33)29(11-21(32)12-1-4-14(5-2-12)31(36)37)30-25(34)22-15-6-7-16(18-10-17(15)18)23(22)26(30)35/h1-9,15-18,22-23H,10-11H2/t15-,16+,17-,18-,22+,23+/m1/s1. The fraction of sp³-hybridized carbons (Fsp3) is 0.308. The third kappa shape index (κ3) is 3.67. The molecule has 1 heterocycles. The lowest BCUT2D eigenvalue weighted by molar-refractivity contribution is -0.384. The number of hydrazine groups is 1. The number of nitro benzene ring substituents is 1. The average Bonchev–Trinajstić information content (AvgIpc) is 3.67. The Morgan fingerprint density at radius 2 is 1.49 bits per heavy atom. The van der Waals surface area contributed by atoms with Gasteiger partial charge in [0.05, 0.1) is 26.8 Å². The van der Waals surface area contributed by atoms with Gasteiger partial charge in [-0.3, -0.25) is 29.3 Å². The molecule has 0 unspecified atom stereocenters. The minimum absolute atomic E-state index is 0.0466. The van der Waals surface area contributed by atoms with E-state index in [-0.39, 0.29) is 38.7 Å². The lowest BCUT2D eigenvalue weighted by Gasteiger charge is -2.37. The van der Waals surface area contributed by atoms with Crippen molar-refractivity contribution in [1.82, 2.24) is 10.0 Å². The summed E-state index contributed by atoms with van der Waals surface area (Å²) < 4.78 is 0. The number of carbonyl (C=O) groups is 4. The number of rotatable bonds is 6. The van der Waals surface area contributed by atoms with Crippen molar-refractivity contribution in [2.75, 3.05) is 6.54 Å². The molecule has 2 bridgehead atoms. The molecule has 2 aromatic carbocycles. The molecule has 3 fully saturated rings. The van der Waals surface area contributed by atoms with Crippen molar-refractivity contribution in [3.05, 3.63) is 85.9 Å². The number of hydrogen-bond donors (Lipinski definition) is 0. The smallest absolute Gasteiger partial charge is 0.273 e. The molecular formula is C26H19Cl2N3O6. The molecule has 9 nitrogen and oxygen atoms in total. The highest BCUT2D eigenvalue weighted by Crippen LogP contribution is 2.65. The first-order valence-electron chi connectivity index (χ1n) is 11.8. The maximum absolute atomic E-state index is 13.7. The van der Waals surface area contributed by atoms with Gasteiger partial charge in [0.25, 0.3) is 23.4 Å². The molecule has 0 spiro atoms. The van der Waals surface area contributed by atoms with E-state index in [1.165, 1.54) is 42.5 Å². The van der Waals surface area contributed by atoms with Crippen LogP contribution in [0.4, 0.5) is 5.69 Å². The zero-order valence-electron chi connectivity index (χ0n) is 19.1. The lowest BCUT2D eigenvalue weighted by Crippen LogP contribution is -2.52. The van der Waals surface area contributed by atoms with Gasteiger partial charge in [0, 0.05) is 23.3 Å². The molecule has 3 amide bonds. The quantitative estimate of drug-likeness (QED) is 0.178. The van der Waals surface area contributed by atoms with Gasteiger partial charge in [-0.15, -0.1) is 0 Å². The minimum atomic E-state index is -0.764. The Morgan fingerprint density at radius 3 is 2.03 bits per heavy atom. The van der Waals surface area contributed by atoms with Crippen molar-refractivity contribution in [1.29, 1.82) is 0 Å². The van der Waals surface area contributed by atoms with Crippen molar-refractivity contribution in [2.45, 2.75) is 6.42 Å². The van der Waals surface area contributed by atoms with Gasteiger partial charge in [0.2, 0.25) is 0 Å². The van der Waals surface area contributed by atoms with Gasteiger partial charge in [-0.2, -0.15) is 5.01 Å². The molecule has 188 valence electrons. The van der Waals surface area contributed by atoms with Crippen molar-refractivity contribution < 1.29 is 24.1 Å². The van der Waals surface area contributed by atoms with Crippen LogP contribution in [0.25, 0.3) is 0 Å². The summed E-state index contributed by atoms with van der Waals surface area (Å²) in [7, 11) is 0. The molecule has 37 heavy (non-hydrogen) atoms. The predicted molar refractivity (Wildman–Crippen MR) is 131 cm³/mol. The van der Waals surface area contributed by atoms with Gasteiger partial charge < -0.3 is 0 Å². The predicted octanol–water partition coefficient (Wildman–Crippen LogP) is 4.19. The van der Waals surface area contributed by atoms with E-state index >= 15 is 0 Å². The summed E-state index contributed by atoms with van der Waals surface area (Å²) in [4.78, 5) is 64.6. The summed E-state index contributed by atoms with van der Waals surface area (Å²) in [6, 6.07) is 9.02. The van der Waals surface area contributed by atoms with E-state index in [0.717, 1.165) is 16.4 Å². The summed E-state index contributed by atoms with van der Waals surface area (Å²) in [6.07, 6.45) is 5.02. The largest absolute Gasteiger partial charge is 0.292 e. The minimum Gasteiger partial charge on any atom is -0.292 e. The lowest BCUT2D eigenvalue weighted by atomic mass is 9.63. The number of Topliss-reactive ketones (excluding diaryl/α,β-unsaturated/α-hetero) is 1. The summed E-state index contributed by atoms with van der Waals surface area (Å²) in [5.41, 5.74) is -0.0573. The number of allylic oxidation sites excluding steroid dienone is 2. The molecule has 2 saturated carbocycles. The molecule has 0 radical (unpaired) electrons. The number of non-ortho nitro benzene ring substituents is 1. The molecule has 11 heteroatoms. The van der Waals surface area contributed by atoms with E-state index in [2.05, 4.69) is 0 Å². The van der Waals surface area contributed by atoms with Crippen LogP contribution in [0, 0.1) is 45.6 Å². The number of hydrogen-bond acceptors (Lipinski definition) is 6. The average molecular weight is 540 g/mol. The Kier molecular flexibility index (Phi) is 5.47. The zero-order chi connectivity index (χ0) is 26.2. The van der Waals surface area contributed by atoms with Gasteiger partial charge >= 0.3 is 0 Å². The Balaban J connectivity index is 1.35. The number of amides is 3. The number of halogens is 2. The van der Waals surface area contributed by atoms with Gasteiger partial charge in [-0.1, -0.05) is 35.4 Å². The summed E-state index contributed by atoms with van der Waals surface area (Å²) in [5.74, 6) is -2.86. The van der Waals surface area contributed by atoms with Crippen LogP contribution in [-0.4, -0.2) is 45.0 Å². The zero-order valence-corrected chi connectivity index (χ0v) is 20.6. The first kappa shape index (κ1) is 23.8. The molecule has 4 aliphatic carbocycles. The molecule has 5 aliphatic rings. The van der Waals surface area contributed by atoms with Crippen molar-refractivity contribution in [2.24, 2.45) is 35.5 Å². The first-order chi connectivity index (χ1) is 17.7. The van der Waals surface area contributed by atoms with Gasteiger partial charge in [0.15, 0.2) is 5.78 Å². The Labute approximate surface area is 220 Å². The molecule has 6 atom stereocenters. The van der Waals surface area contributed by atoms with E-state index < -0.39 is 46.8 Å².